The van der Waals surface area contributed by atoms with Crippen LogP contribution in [0.25, 0.3) is 10.2 Å². The lowest BCUT2D eigenvalue weighted by Gasteiger charge is -2.17. The maximum absolute atomic E-state index is 12.7. The van der Waals surface area contributed by atoms with Gasteiger partial charge >= 0.3 is 0 Å². The lowest BCUT2D eigenvalue weighted by molar-refractivity contribution is -0.129. The molecule has 2 heterocycles. The third-order valence-electron chi connectivity index (χ3n) is 5.94. The second-order valence-corrected chi connectivity index (χ2v) is 8.87. The molecule has 1 fully saturated rings. The SMILES string of the molecule is C[C@H](NC(=O)[C@@H]1CC[C@@H](c2ccccc2)C1)C(=O)CCc1cnc2sccc2c1. The first-order valence-electron chi connectivity index (χ1n) is 10.3. The van der Waals surface area contributed by atoms with Gasteiger partial charge in [0.2, 0.25) is 5.91 Å². The van der Waals surface area contributed by atoms with Gasteiger partial charge in [-0.1, -0.05) is 30.3 Å². The van der Waals surface area contributed by atoms with Crippen molar-refractivity contribution in [2.45, 2.75) is 51.0 Å². The normalized spacial score (nSPS) is 19.9. The number of hydrogen-bond acceptors (Lipinski definition) is 4. The van der Waals surface area contributed by atoms with Gasteiger partial charge < -0.3 is 5.32 Å². The first kappa shape index (κ1) is 19.8. The maximum atomic E-state index is 12.7. The fourth-order valence-electron chi connectivity index (χ4n) is 4.18. The van der Waals surface area contributed by atoms with Gasteiger partial charge in [-0.2, -0.15) is 0 Å². The highest BCUT2D eigenvalue weighted by Crippen LogP contribution is 2.38. The molecular formula is C24H26N2O2S. The summed E-state index contributed by atoms with van der Waals surface area (Å²) in [5.74, 6) is 0.533. The molecule has 4 nitrogen and oxygen atoms in total. The average molecular weight is 407 g/mol. The van der Waals surface area contributed by atoms with Crippen LogP contribution in [0.4, 0.5) is 0 Å². The highest BCUT2D eigenvalue weighted by Gasteiger charge is 2.31. The van der Waals surface area contributed by atoms with E-state index in [0.717, 1.165) is 35.0 Å². The zero-order valence-corrected chi connectivity index (χ0v) is 17.5. The van der Waals surface area contributed by atoms with E-state index in [4.69, 9.17) is 0 Å². The Kier molecular flexibility index (Phi) is 6.05. The van der Waals surface area contributed by atoms with Crippen molar-refractivity contribution in [2.75, 3.05) is 0 Å². The van der Waals surface area contributed by atoms with E-state index in [-0.39, 0.29) is 17.6 Å². The van der Waals surface area contributed by atoms with Crippen LogP contribution in [-0.2, 0) is 16.0 Å². The quantitative estimate of drug-likeness (QED) is 0.608. The van der Waals surface area contributed by atoms with Crippen molar-refractivity contribution in [3.8, 4) is 0 Å². The Morgan fingerprint density at radius 1 is 1.21 bits per heavy atom. The fourth-order valence-corrected chi connectivity index (χ4v) is 4.90. The predicted octanol–water partition coefficient (Wildman–Crippen LogP) is 4.89. The number of ketones is 1. The zero-order valence-electron chi connectivity index (χ0n) is 16.6. The number of amides is 1. The number of Topliss-reactive ketones (excluding diaryl/α,β-unsaturated/α-hetero) is 1. The molecule has 0 saturated heterocycles. The summed E-state index contributed by atoms with van der Waals surface area (Å²) in [5.41, 5.74) is 2.37. The van der Waals surface area contributed by atoms with E-state index in [1.807, 2.05) is 23.7 Å². The van der Waals surface area contributed by atoms with E-state index in [2.05, 4.69) is 40.6 Å². The molecule has 0 aliphatic heterocycles. The summed E-state index contributed by atoms with van der Waals surface area (Å²) in [6, 6.07) is 14.1. The van der Waals surface area contributed by atoms with Gasteiger partial charge in [-0.15, -0.1) is 11.3 Å². The zero-order chi connectivity index (χ0) is 20.2. The Morgan fingerprint density at radius 2 is 2.03 bits per heavy atom. The van der Waals surface area contributed by atoms with Crippen LogP contribution in [0.3, 0.4) is 0 Å². The first-order valence-corrected chi connectivity index (χ1v) is 11.2. The van der Waals surface area contributed by atoms with Crippen molar-refractivity contribution in [2.24, 2.45) is 5.92 Å². The third kappa shape index (κ3) is 4.73. The Hall–Kier alpha value is -2.53. The van der Waals surface area contributed by atoms with Crippen molar-refractivity contribution in [1.29, 1.82) is 0 Å². The van der Waals surface area contributed by atoms with Crippen molar-refractivity contribution < 1.29 is 9.59 Å². The molecule has 1 aromatic carbocycles. The number of aryl methyl sites for hydroxylation is 1. The number of fused-ring (bicyclic) bond motifs is 1. The van der Waals surface area contributed by atoms with E-state index < -0.39 is 6.04 Å². The minimum absolute atomic E-state index is 0.000606. The van der Waals surface area contributed by atoms with Crippen molar-refractivity contribution >= 4 is 33.2 Å². The van der Waals surface area contributed by atoms with Gasteiger partial charge in [0.25, 0.3) is 0 Å². The molecule has 0 unspecified atom stereocenters. The molecule has 2 aromatic heterocycles. The molecule has 1 aliphatic carbocycles. The van der Waals surface area contributed by atoms with Crippen LogP contribution >= 0.6 is 11.3 Å². The lowest BCUT2D eigenvalue weighted by Crippen LogP contribution is -2.41. The molecule has 1 aliphatic rings. The number of nitrogens with zero attached hydrogens (tertiary/aromatic N) is 1. The van der Waals surface area contributed by atoms with Gasteiger partial charge in [0.15, 0.2) is 5.78 Å². The molecule has 29 heavy (non-hydrogen) atoms. The Bertz CT molecular complexity index is 998. The highest BCUT2D eigenvalue weighted by molar-refractivity contribution is 7.16. The van der Waals surface area contributed by atoms with Crippen molar-refractivity contribution in [3.63, 3.8) is 0 Å². The monoisotopic (exact) mass is 406 g/mol. The average Bonchev–Trinajstić information content (AvgIpc) is 3.41. The topological polar surface area (TPSA) is 59.1 Å². The van der Waals surface area contributed by atoms with E-state index in [9.17, 15) is 9.59 Å². The largest absolute Gasteiger partial charge is 0.346 e. The molecule has 1 saturated carbocycles. The fraction of sp³-hybridized carbons (Fsp3) is 0.375. The van der Waals surface area contributed by atoms with E-state index >= 15 is 0 Å². The van der Waals surface area contributed by atoms with Crippen LogP contribution in [0.15, 0.2) is 54.0 Å². The number of carbonyl (C=O) groups is 2. The molecule has 1 amide bonds. The van der Waals surface area contributed by atoms with Crippen LogP contribution in [-0.4, -0.2) is 22.7 Å². The summed E-state index contributed by atoms with van der Waals surface area (Å²) in [4.78, 5) is 30.6. The van der Waals surface area contributed by atoms with Crippen LogP contribution in [0.1, 0.15) is 49.7 Å². The van der Waals surface area contributed by atoms with Crippen LogP contribution in [0, 0.1) is 5.92 Å². The Labute approximate surface area is 175 Å². The number of carbonyl (C=O) groups excluding carboxylic acids is 2. The van der Waals surface area contributed by atoms with Gasteiger partial charge in [-0.25, -0.2) is 4.98 Å². The van der Waals surface area contributed by atoms with Crippen LogP contribution in [0.2, 0.25) is 0 Å². The summed E-state index contributed by atoms with van der Waals surface area (Å²) in [5, 5.41) is 6.10. The Morgan fingerprint density at radius 3 is 2.86 bits per heavy atom. The number of hydrogen-bond donors (Lipinski definition) is 1. The maximum Gasteiger partial charge on any atom is 0.223 e. The number of pyridine rings is 1. The lowest BCUT2D eigenvalue weighted by atomic mass is 9.96. The van der Waals surface area contributed by atoms with Crippen molar-refractivity contribution in [3.05, 3.63) is 65.2 Å². The summed E-state index contributed by atoms with van der Waals surface area (Å²) in [6.07, 6.45) is 5.69. The number of rotatable bonds is 7. The van der Waals surface area contributed by atoms with Gasteiger partial charge in [-0.3, -0.25) is 9.59 Å². The Balaban J connectivity index is 1.26. The van der Waals surface area contributed by atoms with Gasteiger partial charge in [0.05, 0.1) is 6.04 Å². The molecule has 4 rings (SSSR count). The molecule has 0 bridgehead atoms. The number of aromatic nitrogens is 1. The van der Waals surface area contributed by atoms with Gasteiger partial charge in [0.1, 0.15) is 4.83 Å². The minimum Gasteiger partial charge on any atom is -0.346 e. The van der Waals surface area contributed by atoms with Crippen molar-refractivity contribution in [1.82, 2.24) is 10.3 Å². The van der Waals surface area contributed by atoms with E-state index in [1.54, 1.807) is 18.3 Å². The predicted molar refractivity (Wildman–Crippen MR) is 117 cm³/mol. The molecule has 3 aromatic rings. The minimum atomic E-state index is -0.448. The molecule has 5 heteroatoms. The molecule has 0 spiro atoms. The summed E-state index contributed by atoms with van der Waals surface area (Å²) in [6.45, 7) is 1.80. The molecule has 0 radical (unpaired) electrons. The summed E-state index contributed by atoms with van der Waals surface area (Å²) in [7, 11) is 0. The summed E-state index contributed by atoms with van der Waals surface area (Å²) < 4.78 is 0. The van der Waals surface area contributed by atoms with E-state index in [1.165, 1.54) is 5.56 Å². The smallest absolute Gasteiger partial charge is 0.223 e. The second-order valence-electron chi connectivity index (χ2n) is 7.97. The number of nitrogens with one attached hydrogen (secondary N) is 1. The number of benzene rings is 1. The van der Waals surface area contributed by atoms with Crippen LogP contribution < -0.4 is 5.32 Å². The molecule has 3 atom stereocenters. The summed E-state index contributed by atoms with van der Waals surface area (Å²) >= 11 is 1.62. The van der Waals surface area contributed by atoms with E-state index in [0.29, 0.717) is 18.8 Å². The highest BCUT2D eigenvalue weighted by atomic mass is 32.1. The molecular weight excluding hydrogens is 380 g/mol. The van der Waals surface area contributed by atoms with Gasteiger partial charge in [0, 0.05) is 23.9 Å². The second kappa shape index (κ2) is 8.87. The molecule has 150 valence electrons. The third-order valence-corrected chi connectivity index (χ3v) is 6.78. The standard InChI is InChI=1S/C24H26N2O2S/c1-16(22(27)10-7-17-13-21-11-12-29-24(21)25-15-17)26-23(28)20-9-8-19(14-20)18-5-3-2-4-6-18/h2-6,11-13,15-16,19-20H,7-10,14H2,1H3,(H,26,28)/t16-,19+,20+/m0/s1. The first-order chi connectivity index (χ1) is 14.1. The number of thiophene rings is 1. The van der Waals surface area contributed by atoms with Crippen LogP contribution in [0.5, 0.6) is 0 Å². The molecule has 1 N–H and O–H groups in total. The van der Waals surface area contributed by atoms with Gasteiger partial charge in [-0.05, 0) is 67.2 Å².